The van der Waals surface area contributed by atoms with Crippen molar-refractivity contribution >= 4 is 12.0 Å². The van der Waals surface area contributed by atoms with Crippen LogP contribution < -0.4 is 5.32 Å². The molecule has 2 heterocycles. The number of halogens is 1. The van der Waals surface area contributed by atoms with Crippen LogP contribution in [0.3, 0.4) is 0 Å². The van der Waals surface area contributed by atoms with Gasteiger partial charge < -0.3 is 9.88 Å². The number of hydrogen-bond acceptors (Lipinski definition) is 3. The molecule has 1 aromatic carbocycles. The van der Waals surface area contributed by atoms with E-state index in [4.69, 9.17) is 0 Å². The Morgan fingerprint density at radius 3 is 2.64 bits per heavy atom. The van der Waals surface area contributed by atoms with Crippen LogP contribution in [0.1, 0.15) is 23.0 Å². The normalized spacial score (nSPS) is 12.4. The van der Waals surface area contributed by atoms with Gasteiger partial charge in [0, 0.05) is 44.3 Å². The predicted octanol–water partition coefficient (Wildman–Crippen LogP) is 2.21. The molecule has 0 aliphatic carbocycles. The van der Waals surface area contributed by atoms with E-state index >= 15 is 0 Å². The molecular formula is C18H18FN5O. The van der Waals surface area contributed by atoms with Crippen LogP contribution in [0.4, 0.5) is 4.39 Å². The van der Waals surface area contributed by atoms with Gasteiger partial charge in [0.1, 0.15) is 17.7 Å². The van der Waals surface area contributed by atoms with Crippen molar-refractivity contribution in [3.05, 3.63) is 77.9 Å². The first-order valence-corrected chi connectivity index (χ1v) is 7.73. The van der Waals surface area contributed by atoms with Gasteiger partial charge >= 0.3 is 0 Å². The third-order valence-corrected chi connectivity index (χ3v) is 3.76. The first-order chi connectivity index (χ1) is 12.0. The van der Waals surface area contributed by atoms with Crippen LogP contribution in [0.15, 0.2) is 55.1 Å². The summed E-state index contributed by atoms with van der Waals surface area (Å²) in [6.45, 7) is 0. The largest absolute Gasteiger partial charge is 0.339 e. The molecule has 25 heavy (non-hydrogen) atoms. The molecule has 0 fully saturated rings. The molecule has 0 radical (unpaired) electrons. The van der Waals surface area contributed by atoms with Crippen LogP contribution in [0, 0.1) is 5.82 Å². The summed E-state index contributed by atoms with van der Waals surface area (Å²) in [5, 5.41) is 6.96. The third kappa shape index (κ3) is 4.00. The maximum Gasteiger partial charge on any atom is 0.244 e. The van der Waals surface area contributed by atoms with Gasteiger partial charge in [-0.15, -0.1) is 0 Å². The molecule has 1 atom stereocenters. The summed E-state index contributed by atoms with van der Waals surface area (Å²) in [5.41, 5.74) is 1.58. The van der Waals surface area contributed by atoms with Crippen molar-refractivity contribution in [1.82, 2.24) is 24.6 Å². The molecule has 3 rings (SSSR count). The molecule has 0 spiro atoms. The van der Waals surface area contributed by atoms with E-state index in [1.165, 1.54) is 18.2 Å². The van der Waals surface area contributed by atoms with E-state index in [0.29, 0.717) is 5.82 Å². The Bertz CT molecular complexity index is 894. The van der Waals surface area contributed by atoms with Gasteiger partial charge in [-0.1, -0.05) is 12.1 Å². The second-order valence-electron chi connectivity index (χ2n) is 5.67. The fourth-order valence-corrected chi connectivity index (χ4v) is 2.50. The lowest BCUT2D eigenvalue weighted by Crippen LogP contribution is -2.29. The van der Waals surface area contributed by atoms with Crippen molar-refractivity contribution in [3.63, 3.8) is 0 Å². The minimum atomic E-state index is -0.480. The molecule has 6 nitrogen and oxygen atoms in total. The number of hydrogen-bond donors (Lipinski definition) is 1. The van der Waals surface area contributed by atoms with Crippen LogP contribution in [0.2, 0.25) is 0 Å². The fourth-order valence-electron chi connectivity index (χ4n) is 2.50. The topological polar surface area (TPSA) is 64.7 Å². The lowest BCUT2D eigenvalue weighted by Gasteiger charge is -2.18. The Morgan fingerprint density at radius 2 is 2.04 bits per heavy atom. The molecule has 0 bridgehead atoms. The van der Waals surface area contributed by atoms with Crippen LogP contribution in [-0.4, -0.2) is 25.2 Å². The highest BCUT2D eigenvalue weighted by Crippen LogP contribution is 2.20. The Labute approximate surface area is 144 Å². The molecule has 0 saturated heterocycles. The fraction of sp³-hybridized carbons (Fsp3) is 0.167. The Hall–Kier alpha value is -3.22. The number of nitrogens with one attached hydrogen (secondary N) is 1. The Kier molecular flexibility index (Phi) is 4.74. The number of carbonyl (C=O) groups excluding carboxylic acids is 1. The molecule has 1 unspecified atom stereocenters. The molecule has 0 aliphatic heterocycles. The van der Waals surface area contributed by atoms with Gasteiger partial charge in [-0.3, -0.25) is 9.48 Å². The molecule has 128 valence electrons. The van der Waals surface area contributed by atoms with Crippen molar-refractivity contribution in [1.29, 1.82) is 0 Å². The van der Waals surface area contributed by atoms with E-state index in [0.717, 1.165) is 11.1 Å². The van der Waals surface area contributed by atoms with Crippen LogP contribution in [0.25, 0.3) is 6.08 Å². The molecule has 0 aliphatic rings. The van der Waals surface area contributed by atoms with Gasteiger partial charge in [-0.2, -0.15) is 5.10 Å². The first-order valence-electron chi connectivity index (χ1n) is 7.73. The Balaban J connectivity index is 1.82. The highest BCUT2D eigenvalue weighted by molar-refractivity contribution is 5.92. The van der Waals surface area contributed by atoms with Crippen molar-refractivity contribution in [2.75, 3.05) is 0 Å². The number of amides is 1. The molecule has 1 amide bonds. The van der Waals surface area contributed by atoms with Gasteiger partial charge in [0.2, 0.25) is 5.91 Å². The number of rotatable bonds is 5. The van der Waals surface area contributed by atoms with Crippen molar-refractivity contribution in [3.8, 4) is 0 Å². The van der Waals surface area contributed by atoms with Crippen molar-refractivity contribution in [2.24, 2.45) is 14.1 Å². The summed E-state index contributed by atoms with van der Waals surface area (Å²) in [5.74, 6) is 0.0565. The van der Waals surface area contributed by atoms with Gasteiger partial charge in [-0.25, -0.2) is 9.37 Å². The van der Waals surface area contributed by atoms with E-state index in [1.54, 1.807) is 47.7 Å². The molecule has 1 N–H and O–H groups in total. The highest BCUT2D eigenvalue weighted by atomic mass is 19.1. The number of carbonyl (C=O) groups is 1. The zero-order valence-electron chi connectivity index (χ0n) is 13.9. The molecule has 0 saturated carbocycles. The summed E-state index contributed by atoms with van der Waals surface area (Å²) in [7, 11) is 3.65. The quantitative estimate of drug-likeness (QED) is 0.725. The molecule has 7 heteroatoms. The lowest BCUT2D eigenvalue weighted by molar-refractivity contribution is -0.117. The third-order valence-electron chi connectivity index (χ3n) is 3.76. The van der Waals surface area contributed by atoms with Crippen LogP contribution >= 0.6 is 0 Å². The minimum absolute atomic E-state index is 0.277. The monoisotopic (exact) mass is 339 g/mol. The maximum absolute atomic E-state index is 13.2. The average molecular weight is 339 g/mol. The first kappa shape index (κ1) is 16.6. The number of imidazole rings is 1. The summed E-state index contributed by atoms with van der Waals surface area (Å²) in [4.78, 5) is 16.7. The summed E-state index contributed by atoms with van der Waals surface area (Å²) in [6.07, 6.45) is 10.0. The van der Waals surface area contributed by atoms with Gasteiger partial charge in [0.15, 0.2) is 0 Å². The minimum Gasteiger partial charge on any atom is -0.339 e. The SMILES string of the molecule is Cn1cc(/C=C/C(=O)NC(c2ccc(F)cc2)c2nccn2C)cn1. The second-order valence-corrected chi connectivity index (χ2v) is 5.67. The molecule has 2 aromatic heterocycles. The number of aromatic nitrogens is 4. The highest BCUT2D eigenvalue weighted by Gasteiger charge is 2.19. The van der Waals surface area contributed by atoms with E-state index in [2.05, 4.69) is 15.4 Å². The number of nitrogens with zero attached hydrogens (tertiary/aromatic N) is 4. The van der Waals surface area contributed by atoms with Crippen LogP contribution in [-0.2, 0) is 18.9 Å². The Morgan fingerprint density at radius 1 is 1.28 bits per heavy atom. The second kappa shape index (κ2) is 7.12. The zero-order valence-corrected chi connectivity index (χ0v) is 13.9. The van der Waals surface area contributed by atoms with Crippen LogP contribution in [0.5, 0.6) is 0 Å². The smallest absolute Gasteiger partial charge is 0.244 e. The zero-order chi connectivity index (χ0) is 17.8. The molecule has 3 aromatic rings. The lowest BCUT2D eigenvalue weighted by atomic mass is 10.1. The van der Waals surface area contributed by atoms with Gasteiger partial charge in [-0.05, 0) is 23.8 Å². The average Bonchev–Trinajstić information content (AvgIpc) is 3.20. The summed E-state index contributed by atoms with van der Waals surface area (Å²) >= 11 is 0. The van der Waals surface area contributed by atoms with E-state index in [1.807, 2.05) is 18.7 Å². The summed E-state index contributed by atoms with van der Waals surface area (Å²) < 4.78 is 16.7. The van der Waals surface area contributed by atoms with E-state index in [-0.39, 0.29) is 11.7 Å². The number of benzene rings is 1. The van der Waals surface area contributed by atoms with E-state index < -0.39 is 6.04 Å². The van der Waals surface area contributed by atoms with Gasteiger partial charge in [0.05, 0.1) is 6.20 Å². The summed E-state index contributed by atoms with van der Waals surface area (Å²) in [6, 6.07) is 5.53. The van der Waals surface area contributed by atoms with Crippen molar-refractivity contribution < 1.29 is 9.18 Å². The van der Waals surface area contributed by atoms with E-state index in [9.17, 15) is 9.18 Å². The number of aryl methyl sites for hydroxylation is 2. The molecular weight excluding hydrogens is 321 g/mol. The maximum atomic E-state index is 13.2. The van der Waals surface area contributed by atoms with Gasteiger partial charge in [0.25, 0.3) is 0 Å². The standard InChI is InChI=1S/C18H18FN5O/c1-23-10-9-20-18(23)17(14-4-6-15(19)7-5-14)22-16(25)8-3-13-11-21-24(2)12-13/h3-12,17H,1-2H3,(H,22,25)/b8-3+. The predicted molar refractivity (Wildman–Crippen MR) is 91.8 cm³/mol. The van der Waals surface area contributed by atoms with Crippen molar-refractivity contribution in [2.45, 2.75) is 6.04 Å².